The molecule has 9 nitrogen and oxygen atoms in total. The standard InChI is InChI=1S/C24H22FN3O2.C17H16ClN3O/c1-30-19-6-4-13(9-17(19)25)18-10-16-14(11-26-18)3-5-15-20-22(28-21(15)16)24(7-2-8-24)12-27-23(20)29;18-12-6-11-9(7-19-12)2-3-10-13-15(21-14(10)11)17(4-1-5-17)8-20-16(13)22/h4,6,9-11,28H,2-3,5,7-8,12H2,1H3,(H,27,29);6-7,21H,1-5,8H2,(H,20,22). The molecule has 2 fully saturated rings. The molecule has 6 aliphatic rings. The van der Waals surface area contributed by atoms with E-state index in [9.17, 15) is 14.0 Å². The van der Waals surface area contributed by atoms with Crippen molar-refractivity contribution >= 4 is 23.4 Å². The Kier molecular flexibility index (Phi) is 7.03. The summed E-state index contributed by atoms with van der Waals surface area (Å²) in [6.45, 7) is 1.49. The lowest BCUT2D eigenvalue weighted by Gasteiger charge is -2.44. The molecule has 4 aromatic heterocycles. The minimum atomic E-state index is -0.408. The summed E-state index contributed by atoms with van der Waals surface area (Å²) in [7, 11) is 1.45. The number of aromatic amines is 2. The fourth-order valence-corrected chi connectivity index (χ4v) is 9.71. The van der Waals surface area contributed by atoms with Crippen LogP contribution >= 0.6 is 11.6 Å². The highest BCUT2D eigenvalue weighted by atomic mass is 35.5. The fraction of sp³-hybridized carbons (Fsp3) is 0.366. The summed E-state index contributed by atoms with van der Waals surface area (Å²) >= 11 is 6.09. The molecule has 1 aromatic carbocycles. The molecule has 6 heterocycles. The number of nitrogens with one attached hydrogen (secondary N) is 4. The zero-order valence-electron chi connectivity index (χ0n) is 28.9. The molecular weight excluding hydrogens is 679 g/mol. The van der Waals surface area contributed by atoms with Crippen LogP contribution in [0, 0.1) is 5.82 Å². The Balaban J connectivity index is 0.000000136. The van der Waals surface area contributed by atoms with E-state index in [0.717, 1.165) is 126 Å². The number of fused-ring (bicyclic) bond motifs is 12. The van der Waals surface area contributed by atoms with Gasteiger partial charge in [-0.3, -0.25) is 14.6 Å². The smallest absolute Gasteiger partial charge is 0.253 e. The summed E-state index contributed by atoms with van der Waals surface area (Å²) in [5, 5.41) is 6.73. The molecule has 0 unspecified atom stereocenters. The highest BCUT2D eigenvalue weighted by molar-refractivity contribution is 6.29. The molecule has 2 aliphatic heterocycles. The summed E-state index contributed by atoms with van der Waals surface area (Å²) in [5.74, 6) is -0.0781. The second kappa shape index (κ2) is 11.5. The predicted molar refractivity (Wildman–Crippen MR) is 196 cm³/mol. The van der Waals surface area contributed by atoms with Gasteiger partial charge >= 0.3 is 0 Å². The van der Waals surface area contributed by atoms with Crippen LogP contribution in [-0.4, -0.2) is 51.9 Å². The van der Waals surface area contributed by atoms with Crippen molar-refractivity contribution in [3.05, 3.63) is 98.5 Å². The van der Waals surface area contributed by atoms with Gasteiger partial charge in [0.25, 0.3) is 11.8 Å². The fourth-order valence-electron chi connectivity index (χ4n) is 9.56. The Morgan fingerprint density at radius 1 is 0.750 bits per heavy atom. The summed E-state index contributed by atoms with van der Waals surface area (Å²) in [4.78, 5) is 41.3. The molecule has 4 aliphatic carbocycles. The first-order valence-corrected chi connectivity index (χ1v) is 18.7. The molecule has 0 radical (unpaired) electrons. The molecule has 5 aromatic rings. The van der Waals surface area contributed by atoms with Gasteiger partial charge in [-0.1, -0.05) is 24.4 Å². The monoisotopic (exact) mass is 716 g/mol. The highest BCUT2D eigenvalue weighted by Gasteiger charge is 2.48. The normalized spacial score (nSPS) is 19.2. The first kappa shape index (κ1) is 31.7. The molecule has 0 atom stereocenters. The van der Waals surface area contributed by atoms with Crippen LogP contribution in [-0.2, 0) is 36.5 Å². The van der Waals surface area contributed by atoms with Crippen LogP contribution in [0.1, 0.15) is 92.9 Å². The molecule has 2 amide bonds. The van der Waals surface area contributed by atoms with E-state index >= 15 is 0 Å². The van der Waals surface area contributed by atoms with Crippen molar-refractivity contribution in [1.82, 2.24) is 30.6 Å². The van der Waals surface area contributed by atoms with Crippen molar-refractivity contribution in [2.24, 2.45) is 0 Å². The number of hydrogen-bond acceptors (Lipinski definition) is 5. The van der Waals surface area contributed by atoms with Gasteiger partial charge in [0.1, 0.15) is 5.15 Å². The van der Waals surface area contributed by atoms with Crippen LogP contribution in [0.5, 0.6) is 5.75 Å². The van der Waals surface area contributed by atoms with Crippen molar-refractivity contribution in [2.75, 3.05) is 20.2 Å². The van der Waals surface area contributed by atoms with Gasteiger partial charge in [0, 0.05) is 64.4 Å². The summed E-state index contributed by atoms with van der Waals surface area (Å²) in [6, 6.07) is 8.82. The van der Waals surface area contributed by atoms with Crippen molar-refractivity contribution in [3.8, 4) is 39.5 Å². The minimum absolute atomic E-state index is 0.0370. The lowest BCUT2D eigenvalue weighted by Crippen LogP contribution is -2.51. The van der Waals surface area contributed by atoms with Gasteiger partial charge in [-0.25, -0.2) is 9.37 Å². The molecule has 0 saturated heterocycles. The number of aromatic nitrogens is 4. The quantitative estimate of drug-likeness (QED) is 0.145. The van der Waals surface area contributed by atoms with Crippen LogP contribution in [0.25, 0.3) is 33.8 Å². The predicted octanol–water partition coefficient (Wildman–Crippen LogP) is 7.15. The molecule has 11 rings (SSSR count). The highest BCUT2D eigenvalue weighted by Crippen LogP contribution is 2.51. The maximum absolute atomic E-state index is 14.2. The number of carbonyl (C=O) groups is 2. The number of H-pyrrole nitrogens is 2. The molecule has 264 valence electrons. The number of ether oxygens (including phenoxy) is 1. The third-order valence-electron chi connectivity index (χ3n) is 12.7. The Bertz CT molecular complexity index is 2350. The van der Waals surface area contributed by atoms with Crippen molar-refractivity contribution in [3.63, 3.8) is 0 Å². The Hall–Kier alpha value is -4.96. The average molecular weight is 717 g/mol. The summed E-state index contributed by atoms with van der Waals surface area (Å²) in [6.07, 6.45) is 14.2. The largest absolute Gasteiger partial charge is 0.494 e. The number of benzene rings is 1. The van der Waals surface area contributed by atoms with Crippen LogP contribution in [0.2, 0.25) is 5.15 Å². The van der Waals surface area contributed by atoms with Crippen molar-refractivity contribution in [2.45, 2.75) is 75.0 Å². The van der Waals surface area contributed by atoms with Gasteiger partial charge in [0.2, 0.25) is 0 Å². The van der Waals surface area contributed by atoms with E-state index in [4.69, 9.17) is 16.3 Å². The second-order valence-corrected chi connectivity index (χ2v) is 15.7. The van der Waals surface area contributed by atoms with Crippen LogP contribution < -0.4 is 15.4 Å². The van der Waals surface area contributed by atoms with E-state index < -0.39 is 5.82 Å². The number of carbonyl (C=O) groups excluding carboxylic acids is 2. The molecule has 2 spiro atoms. The van der Waals surface area contributed by atoms with Crippen LogP contribution in [0.15, 0.2) is 42.7 Å². The third kappa shape index (κ3) is 4.58. The van der Waals surface area contributed by atoms with E-state index in [0.29, 0.717) is 16.4 Å². The number of aryl methyl sites for hydroxylation is 2. The lowest BCUT2D eigenvalue weighted by atomic mass is 9.64. The molecule has 52 heavy (non-hydrogen) atoms. The molecular formula is C41H38ClFN6O3. The van der Waals surface area contributed by atoms with E-state index in [1.165, 1.54) is 31.6 Å². The maximum Gasteiger partial charge on any atom is 0.253 e. The minimum Gasteiger partial charge on any atom is -0.494 e. The van der Waals surface area contributed by atoms with Gasteiger partial charge in [-0.05, 0) is 104 Å². The topological polar surface area (TPSA) is 125 Å². The number of halogens is 2. The summed E-state index contributed by atoms with van der Waals surface area (Å²) < 4.78 is 19.3. The van der Waals surface area contributed by atoms with Gasteiger partial charge in [0.15, 0.2) is 11.6 Å². The first-order chi connectivity index (χ1) is 25.3. The number of methoxy groups -OCH3 is 1. The summed E-state index contributed by atoms with van der Waals surface area (Å²) in [5.41, 5.74) is 14.6. The Morgan fingerprint density at radius 3 is 1.83 bits per heavy atom. The molecule has 2 saturated carbocycles. The van der Waals surface area contributed by atoms with Crippen LogP contribution in [0.3, 0.4) is 0 Å². The Labute approximate surface area is 305 Å². The van der Waals surface area contributed by atoms with Gasteiger partial charge < -0.3 is 25.3 Å². The first-order valence-electron chi connectivity index (χ1n) is 18.3. The van der Waals surface area contributed by atoms with Crippen LogP contribution in [0.4, 0.5) is 4.39 Å². The molecule has 11 heteroatoms. The van der Waals surface area contributed by atoms with Crippen molar-refractivity contribution in [1.29, 1.82) is 0 Å². The van der Waals surface area contributed by atoms with Gasteiger partial charge in [-0.15, -0.1) is 0 Å². The van der Waals surface area contributed by atoms with E-state index in [1.807, 2.05) is 30.6 Å². The number of pyridine rings is 2. The maximum atomic E-state index is 14.2. The van der Waals surface area contributed by atoms with Gasteiger partial charge in [0.05, 0.1) is 35.3 Å². The van der Waals surface area contributed by atoms with E-state index in [1.54, 1.807) is 6.07 Å². The van der Waals surface area contributed by atoms with E-state index in [2.05, 4.69) is 30.6 Å². The SMILES string of the molecule is COc1ccc(-c2cc3c(cn2)CCc2c-3[nH]c3c2C(=O)NCC32CCC2)cc1F.O=C1NCC2(CCC2)c2[nH]c3c(c21)CCc1cnc(Cl)cc1-3. The number of rotatable bonds is 2. The zero-order chi connectivity index (χ0) is 35.4. The molecule has 0 bridgehead atoms. The van der Waals surface area contributed by atoms with Gasteiger partial charge in [-0.2, -0.15) is 0 Å². The Morgan fingerprint density at radius 2 is 1.31 bits per heavy atom. The van der Waals surface area contributed by atoms with E-state index in [-0.39, 0.29) is 28.4 Å². The number of amides is 2. The average Bonchev–Trinajstić information content (AvgIpc) is 3.72. The van der Waals surface area contributed by atoms with Crippen molar-refractivity contribution < 1.29 is 18.7 Å². The molecule has 4 N–H and O–H groups in total. The third-order valence-corrected chi connectivity index (χ3v) is 12.9. The zero-order valence-corrected chi connectivity index (χ0v) is 29.7. The number of hydrogen-bond donors (Lipinski definition) is 4. The number of nitrogens with zero attached hydrogens (tertiary/aromatic N) is 2. The second-order valence-electron chi connectivity index (χ2n) is 15.3. The lowest BCUT2D eigenvalue weighted by molar-refractivity contribution is 0.0885.